The SMILES string of the molecule is O=C1CCCC(=O)N1CCS(=O)(=O)N1CCSC(c2ccccc2F)CC1. The molecule has 148 valence electrons. The molecule has 9 heteroatoms. The third-order valence-electron chi connectivity index (χ3n) is 4.90. The molecule has 6 nitrogen and oxygen atoms in total. The van der Waals surface area contributed by atoms with E-state index in [2.05, 4.69) is 0 Å². The van der Waals surface area contributed by atoms with Crippen LogP contribution in [0.2, 0.25) is 0 Å². The zero-order valence-electron chi connectivity index (χ0n) is 15.0. The molecule has 0 N–H and O–H groups in total. The number of carbonyl (C=O) groups excluding carboxylic acids is 2. The molecule has 1 unspecified atom stereocenters. The van der Waals surface area contributed by atoms with Crippen LogP contribution in [0.3, 0.4) is 0 Å². The van der Waals surface area contributed by atoms with Gasteiger partial charge in [0.05, 0.1) is 5.75 Å². The maximum Gasteiger partial charge on any atom is 0.229 e. The fourth-order valence-corrected chi connectivity index (χ4v) is 6.19. The van der Waals surface area contributed by atoms with Crippen LogP contribution in [-0.2, 0) is 19.6 Å². The number of likely N-dealkylation sites (tertiary alicyclic amines) is 1. The highest BCUT2D eigenvalue weighted by Crippen LogP contribution is 2.36. The monoisotopic (exact) mass is 414 g/mol. The van der Waals surface area contributed by atoms with Crippen molar-refractivity contribution in [2.75, 3.05) is 31.1 Å². The summed E-state index contributed by atoms with van der Waals surface area (Å²) in [4.78, 5) is 24.8. The van der Waals surface area contributed by atoms with Gasteiger partial charge in [-0.25, -0.2) is 17.1 Å². The summed E-state index contributed by atoms with van der Waals surface area (Å²) in [7, 11) is -3.59. The van der Waals surface area contributed by atoms with E-state index in [1.165, 1.54) is 10.4 Å². The number of rotatable bonds is 5. The number of benzene rings is 1. The van der Waals surface area contributed by atoms with E-state index in [0.717, 1.165) is 4.90 Å². The lowest BCUT2D eigenvalue weighted by atomic mass is 10.1. The number of hydrogen-bond acceptors (Lipinski definition) is 5. The summed E-state index contributed by atoms with van der Waals surface area (Å²) in [5.74, 6) is -0.562. The summed E-state index contributed by atoms with van der Waals surface area (Å²) in [6, 6.07) is 6.58. The van der Waals surface area contributed by atoms with E-state index in [9.17, 15) is 22.4 Å². The molecular weight excluding hydrogens is 391 g/mol. The number of imide groups is 1. The summed E-state index contributed by atoms with van der Waals surface area (Å²) in [6.45, 7) is 0.552. The molecule has 27 heavy (non-hydrogen) atoms. The van der Waals surface area contributed by atoms with Gasteiger partial charge in [-0.05, 0) is 18.9 Å². The predicted octanol–water partition coefficient (Wildman–Crippen LogP) is 2.17. The second-order valence-corrected chi connectivity index (χ2v) is 10.1. The second-order valence-electron chi connectivity index (χ2n) is 6.68. The van der Waals surface area contributed by atoms with Crippen molar-refractivity contribution >= 4 is 33.6 Å². The molecule has 2 amide bonds. The number of carbonyl (C=O) groups is 2. The van der Waals surface area contributed by atoms with Gasteiger partial charge in [0.1, 0.15) is 5.82 Å². The molecule has 0 spiro atoms. The van der Waals surface area contributed by atoms with E-state index in [1.54, 1.807) is 30.0 Å². The normalized spacial score (nSPS) is 22.7. The van der Waals surface area contributed by atoms with E-state index < -0.39 is 10.0 Å². The van der Waals surface area contributed by atoms with Crippen molar-refractivity contribution in [3.63, 3.8) is 0 Å². The lowest BCUT2D eigenvalue weighted by molar-refractivity contribution is -0.147. The Labute approximate surface area is 163 Å². The standard InChI is InChI=1S/C18H23FN2O4S2/c19-15-5-2-1-4-14(15)16-8-9-20(10-12-26-16)27(24,25)13-11-21-17(22)6-3-7-18(21)23/h1-2,4-5,16H,3,6-13H2. The number of amides is 2. The van der Waals surface area contributed by atoms with Crippen LogP contribution in [0, 0.1) is 5.82 Å². The van der Waals surface area contributed by atoms with Gasteiger partial charge >= 0.3 is 0 Å². The quantitative estimate of drug-likeness (QED) is 0.691. The molecule has 0 bridgehead atoms. The summed E-state index contributed by atoms with van der Waals surface area (Å²) >= 11 is 1.55. The molecule has 0 aliphatic carbocycles. The Balaban J connectivity index is 1.61. The molecule has 2 aliphatic heterocycles. The van der Waals surface area contributed by atoms with Crippen molar-refractivity contribution in [3.8, 4) is 0 Å². The van der Waals surface area contributed by atoms with Crippen molar-refractivity contribution in [2.45, 2.75) is 30.9 Å². The highest BCUT2D eigenvalue weighted by atomic mass is 32.2. The smallest absolute Gasteiger partial charge is 0.229 e. The molecule has 2 heterocycles. The van der Waals surface area contributed by atoms with Gasteiger partial charge in [-0.15, -0.1) is 0 Å². The van der Waals surface area contributed by atoms with Gasteiger partial charge in [0.2, 0.25) is 21.8 Å². The van der Waals surface area contributed by atoms with Crippen molar-refractivity contribution in [1.82, 2.24) is 9.21 Å². The highest BCUT2D eigenvalue weighted by molar-refractivity contribution is 7.99. The minimum Gasteiger partial charge on any atom is -0.282 e. The van der Waals surface area contributed by atoms with Crippen LogP contribution in [0.25, 0.3) is 0 Å². The first-order chi connectivity index (χ1) is 12.9. The third kappa shape index (κ3) is 4.89. The first-order valence-electron chi connectivity index (χ1n) is 9.05. The Bertz CT molecular complexity index is 799. The Kier molecular flexibility index (Phi) is 6.54. The van der Waals surface area contributed by atoms with Crippen LogP contribution in [0.1, 0.15) is 36.5 Å². The van der Waals surface area contributed by atoms with Crippen LogP contribution in [-0.4, -0.2) is 60.6 Å². The van der Waals surface area contributed by atoms with E-state index in [1.807, 2.05) is 0 Å². The first kappa shape index (κ1) is 20.3. The number of halogens is 1. The Morgan fingerprint density at radius 1 is 1.11 bits per heavy atom. The number of sulfonamides is 1. The molecule has 2 saturated heterocycles. The van der Waals surface area contributed by atoms with Crippen molar-refractivity contribution in [2.24, 2.45) is 0 Å². The summed E-state index contributed by atoms with van der Waals surface area (Å²) in [5, 5.41) is -0.0864. The van der Waals surface area contributed by atoms with Gasteiger partial charge in [0, 0.05) is 49.0 Å². The van der Waals surface area contributed by atoms with Gasteiger partial charge in [-0.3, -0.25) is 14.5 Å². The molecule has 2 aliphatic rings. The van der Waals surface area contributed by atoms with Crippen LogP contribution in [0.5, 0.6) is 0 Å². The van der Waals surface area contributed by atoms with Gasteiger partial charge in [0.25, 0.3) is 0 Å². The second kappa shape index (κ2) is 8.70. The minimum absolute atomic E-state index is 0.0864. The van der Waals surface area contributed by atoms with Gasteiger partial charge in [-0.1, -0.05) is 18.2 Å². The largest absolute Gasteiger partial charge is 0.282 e. The van der Waals surface area contributed by atoms with Crippen molar-refractivity contribution in [1.29, 1.82) is 0 Å². The van der Waals surface area contributed by atoms with Crippen LogP contribution >= 0.6 is 11.8 Å². The van der Waals surface area contributed by atoms with Crippen molar-refractivity contribution in [3.05, 3.63) is 35.6 Å². The number of nitrogens with zero attached hydrogens (tertiary/aromatic N) is 2. The molecule has 1 aromatic rings. The average Bonchev–Trinajstić information content (AvgIpc) is 2.88. The maximum atomic E-state index is 14.0. The summed E-state index contributed by atoms with van der Waals surface area (Å²) in [5.41, 5.74) is 0.603. The van der Waals surface area contributed by atoms with Crippen molar-refractivity contribution < 1.29 is 22.4 Å². The molecule has 1 atom stereocenters. The molecule has 0 radical (unpaired) electrons. The third-order valence-corrected chi connectivity index (χ3v) is 8.06. The Morgan fingerprint density at radius 2 is 1.81 bits per heavy atom. The molecule has 2 fully saturated rings. The zero-order valence-corrected chi connectivity index (χ0v) is 16.6. The van der Waals surface area contributed by atoms with E-state index in [0.29, 0.717) is 37.2 Å². The average molecular weight is 415 g/mol. The van der Waals surface area contributed by atoms with Gasteiger partial charge in [0.15, 0.2) is 0 Å². The maximum absolute atomic E-state index is 14.0. The van der Waals surface area contributed by atoms with E-state index >= 15 is 0 Å². The zero-order chi connectivity index (χ0) is 19.4. The molecule has 1 aromatic carbocycles. The fourth-order valence-electron chi connectivity index (χ4n) is 3.40. The molecular formula is C18H23FN2O4S2. The molecule has 0 aromatic heterocycles. The van der Waals surface area contributed by atoms with E-state index in [4.69, 9.17) is 0 Å². The highest BCUT2D eigenvalue weighted by Gasteiger charge is 2.31. The topological polar surface area (TPSA) is 74.8 Å². The van der Waals surface area contributed by atoms with Crippen LogP contribution < -0.4 is 0 Å². The van der Waals surface area contributed by atoms with Crippen LogP contribution in [0.15, 0.2) is 24.3 Å². The fraction of sp³-hybridized carbons (Fsp3) is 0.556. The molecule has 3 rings (SSSR count). The number of thioether (sulfide) groups is 1. The summed E-state index contributed by atoms with van der Waals surface area (Å²) in [6.07, 6.45) is 1.63. The predicted molar refractivity (Wildman–Crippen MR) is 102 cm³/mol. The lowest BCUT2D eigenvalue weighted by Crippen LogP contribution is -2.45. The summed E-state index contributed by atoms with van der Waals surface area (Å²) < 4.78 is 40.8. The van der Waals surface area contributed by atoms with Gasteiger partial charge < -0.3 is 0 Å². The number of hydrogen-bond donors (Lipinski definition) is 0. The minimum atomic E-state index is -3.59. The Hall–Kier alpha value is -1.45. The lowest BCUT2D eigenvalue weighted by Gasteiger charge is -2.26. The number of piperidine rings is 1. The first-order valence-corrected chi connectivity index (χ1v) is 11.7. The Morgan fingerprint density at radius 3 is 2.52 bits per heavy atom. The van der Waals surface area contributed by atoms with Gasteiger partial charge in [-0.2, -0.15) is 11.8 Å². The van der Waals surface area contributed by atoms with Crippen LogP contribution in [0.4, 0.5) is 4.39 Å². The van der Waals surface area contributed by atoms with E-state index in [-0.39, 0.29) is 48.0 Å². The molecule has 0 saturated carbocycles.